The lowest BCUT2D eigenvalue weighted by molar-refractivity contribution is -0.105. The molecule has 0 bridgehead atoms. The topological polar surface area (TPSA) is 38.7 Å². The Morgan fingerprint density at radius 2 is 1.93 bits per heavy atom. The van der Waals surface area contributed by atoms with Crippen LogP contribution in [0, 0.1) is 11.8 Å². The largest absolute Gasteiger partial charge is 0.390 e. The molecular weight excluding hydrogens is 192 g/mol. The average molecular weight is 216 g/mol. The third-order valence-electron chi connectivity index (χ3n) is 3.10. The molecule has 90 valence electrons. The first kappa shape index (κ1) is 12.9. The summed E-state index contributed by atoms with van der Waals surface area (Å²) in [5.41, 5.74) is 0. The predicted molar refractivity (Wildman–Crippen MR) is 59.8 cm³/mol. The number of aliphatic hydroxyl groups excluding tert-OH is 1. The Labute approximate surface area is 92.8 Å². The Kier molecular flexibility index (Phi) is 5.58. The predicted octanol–water partition coefficient (Wildman–Crippen LogP) is 1.83. The fraction of sp³-hybridized carbons (Fsp3) is 1.00. The summed E-state index contributed by atoms with van der Waals surface area (Å²) in [4.78, 5) is 0. The maximum Gasteiger partial charge on any atom is 0.0860 e. The fourth-order valence-corrected chi connectivity index (χ4v) is 2.45. The van der Waals surface area contributed by atoms with Crippen LogP contribution in [0.15, 0.2) is 0 Å². The molecule has 4 atom stereocenters. The molecule has 0 aromatic rings. The van der Waals surface area contributed by atoms with Gasteiger partial charge in [-0.15, -0.1) is 0 Å². The summed E-state index contributed by atoms with van der Waals surface area (Å²) in [5.74, 6) is 1.06. The third-order valence-corrected chi connectivity index (χ3v) is 3.10. The summed E-state index contributed by atoms with van der Waals surface area (Å²) in [6, 6.07) is 0. The van der Waals surface area contributed by atoms with Crippen LogP contribution in [0.2, 0.25) is 0 Å². The van der Waals surface area contributed by atoms with Crippen molar-refractivity contribution >= 4 is 0 Å². The summed E-state index contributed by atoms with van der Waals surface area (Å²) < 4.78 is 10.9. The van der Waals surface area contributed by atoms with Gasteiger partial charge in [-0.2, -0.15) is 0 Å². The van der Waals surface area contributed by atoms with Gasteiger partial charge in [-0.25, -0.2) is 0 Å². The van der Waals surface area contributed by atoms with Crippen LogP contribution >= 0.6 is 0 Å². The van der Waals surface area contributed by atoms with E-state index in [0.29, 0.717) is 25.0 Å². The maximum absolute atomic E-state index is 9.90. The SMILES string of the molecule is CCOCCOC1C(C)CC(C)CC1O. The molecule has 1 aliphatic carbocycles. The van der Waals surface area contributed by atoms with Crippen LogP contribution in [-0.2, 0) is 9.47 Å². The van der Waals surface area contributed by atoms with Crippen LogP contribution in [0.4, 0.5) is 0 Å². The van der Waals surface area contributed by atoms with E-state index in [1.54, 1.807) is 0 Å². The van der Waals surface area contributed by atoms with Crippen molar-refractivity contribution in [2.75, 3.05) is 19.8 Å². The smallest absolute Gasteiger partial charge is 0.0860 e. The second-order valence-corrected chi connectivity index (χ2v) is 4.65. The second kappa shape index (κ2) is 6.46. The van der Waals surface area contributed by atoms with E-state index in [0.717, 1.165) is 19.4 Å². The molecule has 3 heteroatoms. The van der Waals surface area contributed by atoms with Crippen LogP contribution < -0.4 is 0 Å². The van der Waals surface area contributed by atoms with Crippen molar-refractivity contribution in [3.63, 3.8) is 0 Å². The fourth-order valence-electron chi connectivity index (χ4n) is 2.45. The number of rotatable bonds is 5. The summed E-state index contributed by atoms with van der Waals surface area (Å²) >= 11 is 0. The van der Waals surface area contributed by atoms with Gasteiger partial charge in [0.25, 0.3) is 0 Å². The Morgan fingerprint density at radius 1 is 1.20 bits per heavy atom. The molecular formula is C12H24O3. The third kappa shape index (κ3) is 4.09. The van der Waals surface area contributed by atoms with Gasteiger partial charge in [0.05, 0.1) is 25.4 Å². The van der Waals surface area contributed by atoms with Gasteiger partial charge >= 0.3 is 0 Å². The van der Waals surface area contributed by atoms with Crippen molar-refractivity contribution in [3.05, 3.63) is 0 Å². The van der Waals surface area contributed by atoms with Crippen LogP contribution in [0.3, 0.4) is 0 Å². The minimum absolute atomic E-state index is 0.00153. The molecule has 0 heterocycles. The van der Waals surface area contributed by atoms with Gasteiger partial charge in [0.1, 0.15) is 0 Å². The highest BCUT2D eigenvalue weighted by molar-refractivity contribution is 4.83. The van der Waals surface area contributed by atoms with E-state index in [9.17, 15) is 5.11 Å². The molecule has 4 unspecified atom stereocenters. The van der Waals surface area contributed by atoms with Gasteiger partial charge in [0, 0.05) is 6.61 Å². The quantitative estimate of drug-likeness (QED) is 0.713. The number of hydrogen-bond donors (Lipinski definition) is 1. The summed E-state index contributed by atoms with van der Waals surface area (Å²) in [7, 11) is 0. The highest BCUT2D eigenvalue weighted by Crippen LogP contribution is 2.30. The number of hydrogen-bond acceptors (Lipinski definition) is 3. The summed E-state index contributed by atoms with van der Waals surface area (Å²) in [5, 5.41) is 9.90. The molecule has 1 fully saturated rings. The van der Waals surface area contributed by atoms with Crippen molar-refractivity contribution in [2.45, 2.75) is 45.8 Å². The minimum Gasteiger partial charge on any atom is -0.390 e. The van der Waals surface area contributed by atoms with Gasteiger partial charge in [-0.1, -0.05) is 13.8 Å². The number of ether oxygens (including phenoxy) is 2. The van der Waals surface area contributed by atoms with E-state index >= 15 is 0 Å². The van der Waals surface area contributed by atoms with E-state index < -0.39 is 0 Å². The lowest BCUT2D eigenvalue weighted by Gasteiger charge is -2.36. The van der Waals surface area contributed by atoms with Crippen LogP contribution in [0.1, 0.15) is 33.6 Å². The molecule has 0 amide bonds. The van der Waals surface area contributed by atoms with Crippen molar-refractivity contribution in [2.24, 2.45) is 11.8 Å². The molecule has 1 rings (SSSR count). The Morgan fingerprint density at radius 3 is 2.53 bits per heavy atom. The van der Waals surface area contributed by atoms with Gasteiger partial charge in [0.15, 0.2) is 0 Å². The molecule has 0 aromatic heterocycles. The molecule has 1 aliphatic rings. The van der Waals surface area contributed by atoms with E-state index in [1.165, 1.54) is 0 Å². The monoisotopic (exact) mass is 216 g/mol. The summed E-state index contributed by atoms with van der Waals surface area (Å²) in [6.07, 6.45) is 1.71. The van der Waals surface area contributed by atoms with Gasteiger partial charge in [0.2, 0.25) is 0 Å². The van der Waals surface area contributed by atoms with Gasteiger partial charge < -0.3 is 14.6 Å². The summed E-state index contributed by atoms with van der Waals surface area (Å²) in [6.45, 7) is 8.26. The Bertz CT molecular complexity index is 160. The van der Waals surface area contributed by atoms with Crippen LogP contribution in [0.25, 0.3) is 0 Å². The minimum atomic E-state index is -0.301. The molecule has 15 heavy (non-hydrogen) atoms. The molecule has 0 spiro atoms. The molecule has 1 N–H and O–H groups in total. The molecule has 1 saturated carbocycles. The van der Waals surface area contributed by atoms with Crippen molar-refractivity contribution < 1.29 is 14.6 Å². The first-order chi connectivity index (χ1) is 7.15. The van der Waals surface area contributed by atoms with Crippen LogP contribution in [0.5, 0.6) is 0 Å². The lowest BCUT2D eigenvalue weighted by atomic mass is 9.79. The first-order valence-corrected chi connectivity index (χ1v) is 6.02. The van der Waals surface area contributed by atoms with E-state index in [-0.39, 0.29) is 12.2 Å². The highest BCUT2D eigenvalue weighted by Gasteiger charge is 2.33. The molecule has 3 nitrogen and oxygen atoms in total. The normalized spacial score (nSPS) is 36.8. The van der Waals surface area contributed by atoms with Gasteiger partial charge in [-0.3, -0.25) is 0 Å². The first-order valence-electron chi connectivity index (χ1n) is 6.02. The zero-order valence-corrected chi connectivity index (χ0v) is 10.1. The highest BCUT2D eigenvalue weighted by atomic mass is 16.5. The molecule has 0 radical (unpaired) electrons. The van der Waals surface area contributed by atoms with E-state index in [2.05, 4.69) is 13.8 Å². The average Bonchev–Trinajstić information content (AvgIpc) is 2.15. The zero-order valence-electron chi connectivity index (χ0n) is 10.1. The maximum atomic E-state index is 9.90. The Balaban J connectivity index is 2.26. The zero-order chi connectivity index (χ0) is 11.3. The van der Waals surface area contributed by atoms with Gasteiger partial charge in [-0.05, 0) is 31.6 Å². The Hall–Kier alpha value is -0.120. The second-order valence-electron chi connectivity index (χ2n) is 4.65. The van der Waals surface area contributed by atoms with Crippen LogP contribution in [-0.4, -0.2) is 37.1 Å². The van der Waals surface area contributed by atoms with Crippen molar-refractivity contribution in [3.8, 4) is 0 Å². The van der Waals surface area contributed by atoms with Crippen molar-refractivity contribution in [1.82, 2.24) is 0 Å². The number of aliphatic hydroxyl groups is 1. The van der Waals surface area contributed by atoms with E-state index in [4.69, 9.17) is 9.47 Å². The standard InChI is InChI=1S/C12H24O3/c1-4-14-5-6-15-12-10(3)7-9(2)8-11(12)13/h9-13H,4-8H2,1-3H3. The lowest BCUT2D eigenvalue weighted by Crippen LogP contribution is -2.41. The van der Waals surface area contributed by atoms with E-state index in [1.807, 2.05) is 6.92 Å². The molecule has 0 aliphatic heterocycles. The molecule has 0 aromatic carbocycles. The molecule has 0 saturated heterocycles. The van der Waals surface area contributed by atoms with Crippen molar-refractivity contribution in [1.29, 1.82) is 0 Å².